The van der Waals surface area contributed by atoms with E-state index in [-0.39, 0.29) is 25.1 Å². The van der Waals surface area contributed by atoms with Gasteiger partial charge in [-0.1, -0.05) is 6.07 Å². The number of fused-ring (bicyclic) bond motifs is 1. The molecule has 23 heavy (non-hydrogen) atoms. The fourth-order valence-corrected chi connectivity index (χ4v) is 3.02. The number of thiophene rings is 1. The zero-order valence-electron chi connectivity index (χ0n) is 12.4. The quantitative estimate of drug-likeness (QED) is 0.851. The Morgan fingerprint density at radius 3 is 2.87 bits per heavy atom. The lowest BCUT2D eigenvalue weighted by Crippen LogP contribution is -2.30. The van der Waals surface area contributed by atoms with Gasteiger partial charge in [-0.15, -0.1) is 11.3 Å². The van der Waals surface area contributed by atoms with Crippen molar-refractivity contribution in [3.8, 4) is 11.5 Å². The van der Waals surface area contributed by atoms with Gasteiger partial charge in [-0.25, -0.2) is 0 Å². The minimum absolute atomic E-state index is 0.0767. The molecule has 0 unspecified atom stereocenters. The number of amides is 1. The first-order chi connectivity index (χ1) is 11.2. The Kier molecular flexibility index (Phi) is 4.47. The van der Waals surface area contributed by atoms with E-state index in [1.165, 1.54) is 18.4 Å². The fourth-order valence-electron chi connectivity index (χ4n) is 2.24. The molecule has 3 rings (SSSR count). The van der Waals surface area contributed by atoms with Crippen LogP contribution in [-0.2, 0) is 9.53 Å². The van der Waals surface area contributed by atoms with Gasteiger partial charge in [0.15, 0.2) is 11.5 Å². The minimum Gasteiger partial charge on any atom is -0.469 e. The lowest BCUT2D eigenvalue weighted by molar-refractivity contribution is -0.141. The van der Waals surface area contributed by atoms with Crippen molar-refractivity contribution in [2.45, 2.75) is 12.5 Å². The van der Waals surface area contributed by atoms with Crippen LogP contribution < -0.4 is 14.8 Å². The van der Waals surface area contributed by atoms with E-state index in [0.29, 0.717) is 17.1 Å². The van der Waals surface area contributed by atoms with Crippen molar-refractivity contribution in [2.75, 3.05) is 13.9 Å². The highest BCUT2D eigenvalue weighted by atomic mass is 32.1. The second-order valence-corrected chi connectivity index (χ2v) is 5.87. The first kappa shape index (κ1) is 15.4. The summed E-state index contributed by atoms with van der Waals surface area (Å²) in [4.78, 5) is 24.9. The third kappa shape index (κ3) is 3.45. The van der Waals surface area contributed by atoms with Crippen molar-refractivity contribution in [3.05, 3.63) is 46.2 Å². The van der Waals surface area contributed by atoms with Crippen molar-refractivity contribution in [1.29, 1.82) is 0 Å². The maximum atomic E-state index is 12.5. The molecule has 1 aliphatic rings. The lowest BCUT2D eigenvalue weighted by Gasteiger charge is -2.16. The normalized spacial score (nSPS) is 13.4. The van der Waals surface area contributed by atoms with Crippen LogP contribution in [0.15, 0.2) is 35.7 Å². The van der Waals surface area contributed by atoms with Crippen LogP contribution in [-0.4, -0.2) is 25.8 Å². The van der Waals surface area contributed by atoms with Crippen molar-refractivity contribution >= 4 is 23.2 Å². The Balaban J connectivity index is 1.76. The summed E-state index contributed by atoms with van der Waals surface area (Å²) in [5.41, 5.74) is 0.445. The largest absolute Gasteiger partial charge is 0.469 e. The second-order valence-electron chi connectivity index (χ2n) is 4.89. The van der Waals surface area contributed by atoms with Gasteiger partial charge in [0.05, 0.1) is 19.6 Å². The molecule has 7 heteroatoms. The molecule has 0 spiro atoms. The van der Waals surface area contributed by atoms with Crippen LogP contribution in [0.25, 0.3) is 0 Å². The SMILES string of the molecule is COC(=O)C[C@H](NC(=O)c1ccc2c(c1)OCO2)c1cccs1. The van der Waals surface area contributed by atoms with E-state index >= 15 is 0 Å². The summed E-state index contributed by atoms with van der Waals surface area (Å²) in [5, 5.41) is 4.76. The molecule has 0 bridgehead atoms. The van der Waals surface area contributed by atoms with Gasteiger partial charge in [0.25, 0.3) is 5.91 Å². The first-order valence-electron chi connectivity index (χ1n) is 6.98. The number of rotatable bonds is 5. The topological polar surface area (TPSA) is 73.9 Å². The molecular weight excluding hydrogens is 318 g/mol. The predicted octanol–water partition coefficient (Wildman–Crippen LogP) is 2.51. The number of hydrogen-bond acceptors (Lipinski definition) is 6. The summed E-state index contributed by atoms with van der Waals surface area (Å²) in [7, 11) is 1.33. The highest BCUT2D eigenvalue weighted by Crippen LogP contribution is 2.32. The summed E-state index contributed by atoms with van der Waals surface area (Å²) in [6.45, 7) is 0.153. The summed E-state index contributed by atoms with van der Waals surface area (Å²) in [5.74, 6) is 0.490. The van der Waals surface area contributed by atoms with Gasteiger partial charge in [-0.3, -0.25) is 9.59 Å². The predicted molar refractivity (Wildman–Crippen MR) is 83.7 cm³/mol. The highest BCUT2D eigenvalue weighted by molar-refractivity contribution is 7.10. The first-order valence-corrected chi connectivity index (χ1v) is 7.86. The number of benzene rings is 1. The number of carbonyl (C=O) groups is 2. The molecule has 1 aliphatic heterocycles. The molecule has 0 aliphatic carbocycles. The second kappa shape index (κ2) is 6.70. The lowest BCUT2D eigenvalue weighted by atomic mass is 10.1. The number of ether oxygens (including phenoxy) is 3. The van der Waals surface area contributed by atoms with E-state index < -0.39 is 6.04 Å². The summed E-state index contributed by atoms with van der Waals surface area (Å²) >= 11 is 1.47. The van der Waals surface area contributed by atoms with Gasteiger partial charge in [-0.2, -0.15) is 0 Å². The molecule has 0 radical (unpaired) electrons. The average Bonchev–Trinajstić information content (AvgIpc) is 3.24. The van der Waals surface area contributed by atoms with Crippen molar-refractivity contribution in [1.82, 2.24) is 5.32 Å². The molecule has 0 fully saturated rings. The van der Waals surface area contributed by atoms with Crippen LogP contribution >= 0.6 is 11.3 Å². The Morgan fingerprint density at radius 1 is 1.30 bits per heavy atom. The van der Waals surface area contributed by atoms with E-state index in [2.05, 4.69) is 5.32 Å². The number of carbonyl (C=O) groups excluding carboxylic acids is 2. The Morgan fingerprint density at radius 2 is 2.13 bits per heavy atom. The van der Waals surface area contributed by atoms with Crippen LogP contribution in [0.4, 0.5) is 0 Å². The third-order valence-corrected chi connectivity index (χ3v) is 4.41. The van der Waals surface area contributed by atoms with E-state index in [1.54, 1.807) is 18.2 Å². The zero-order chi connectivity index (χ0) is 16.2. The number of methoxy groups -OCH3 is 1. The fraction of sp³-hybridized carbons (Fsp3) is 0.250. The monoisotopic (exact) mass is 333 g/mol. The molecule has 1 atom stereocenters. The number of nitrogens with one attached hydrogen (secondary N) is 1. The van der Waals surface area contributed by atoms with Crippen LogP contribution in [0.3, 0.4) is 0 Å². The molecule has 1 aromatic heterocycles. The summed E-state index contributed by atoms with van der Waals surface area (Å²) in [6, 6.07) is 8.29. The van der Waals surface area contributed by atoms with Gasteiger partial charge in [0.2, 0.25) is 6.79 Å². The minimum atomic E-state index is -0.430. The Hall–Kier alpha value is -2.54. The van der Waals surface area contributed by atoms with Gasteiger partial charge in [-0.05, 0) is 29.6 Å². The molecule has 1 amide bonds. The standard InChI is InChI=1S/C16H15NO5S/c1-20-15(18)8-11(14-3-2-6-23-14)17-16(19)10-4-5-12-13(7-10)22-9-21-12/h2-7,11H,8-9H2,1H3,(H,17,19)/t11-/m0/s1. The third-order valence-electron chi connectivity index (χ3n) is 3.43. The number of hydrogen-bond donors (Lipinski definition) is 1. The van der Waals surface area contributed by atoms with Gasteiger partial charge in [0.1, 0.15) is 0 Å². The van der Waals surface area contributed by atoms with E-state index in [9.17, 15) is 9.59 Å². The molecule has 1 N–H and O–H groups in total. The average molecular weight is 333 g/mol. The van der Waals surface area contributed by atoms with E-state index in [0.717, 1.165) is 4.88 Å². The zero-order valence-corrected chi connectivity index (χ0v) is 13.2. The van der Waals surface area contributed by atoms with Crippen LogP contribution in [0.5, 0.6) is 11.5 Å². The molecule has 1 aromatic carbocycles. The Bertz CT molecular complexity index is 713. The summed E-state index contributed by atoms with van der Waals surface area (Å²) in [6.07, 6.45) is 0.0767. The van der Waals surface area contributed by atoms with Crippen LogP contribution in [0, 0.1) is 0 Å². The van der Waals surface area contributed by atoms with E-state index in [1.807, 2.05) is 17.5 Å². The van der Waals surface area contributed by atoms with Crippen molar-refractivity contribution < 1.29 is 23.8 Å². The molecule has 0 saturated heterocycles. The molecular formula is C16H15NO5S. The smallest absolute Gasteiger partial charge is 0.307 e. The van der Waals surface area contributed by atoms with Crippen molar-refractivity contribution in [3.63, 3.8) is 0 Å². The van der Waals surface area contributed by atoms with Crippen molar-refractivity contribution in [2.24, 2.45) is 0 Å². The summed E-state index contributed by atoms with van der Waals surface area (Å²) < 4.78 is 15.2. The molecule has 6 nitrogen and oxygen atoms in total. The molecule has 2 heterocycles. The van der Waals surface area contributed by atoms with Crippen LogP contribution in [0.1, 0.15) is 27.7 Å². The highest BCUT2D eigenvalue weighted by Gasteiger charge is 2.22. The number of esters is 1. The van der Waals surface area contributed by atoms with Gasteiger partial charge >= 0.3 is 5.97 Å². The molecule has 120 valence electrons. The molecule has 2 aromatic rings. The Labute approximate surface area is 137 Å². The maximum Gasteiger partial charge on any atom is 0.307 e. The molecule has 0 saturated carbocycles. The van der Waals surface area contributed by atoms with E-state index in [4.69, 9.17) is 14.2 Å². The van der Waals surface area contributed by atoms with Gasteiger partial charge < -0.3 is 19.5 Å². The maximum absolute atomic E-state index is 12.5. The van der Waals surface area contributed by atoms with Gasteiger partial charge in [0, 0.05) is 10.4 Å². The van der Waals surface area contributed by atoms with Crippen LogP contribution in [0.2, 0.25) is 0 Å².